The van der Waals surface area contributed by atoms with E-state index in [1.54, 1.807) is 25.3 Å². The molecule has 0 saturated heterocycles. The molecule has 0 saturated carbocycles. The molecule has 1 aromatic rings. The van der Waals surface area contributed by atoms with Gasteiger partial charge in [0.1, 0.15) is 5.75 Å². The lowest BCUT2D eigenvalue weighted by atomic mass is 10.2. The average Bonchev–Trinajstić information content (AvgIpc) is 2.48. The van der Waals surface area contributed by atoms with Crippen molar-refractivity contribution in [1.82, 2.24) is 10.6 Å². The van der Waals surface area contributed by atoms with E-state index in [-0.39, 0.29) is 29.9 Å². The van der Waals surface area contributed by atoms with Crippen LogP contribution >= 0.6 is 35.6 Å². The molecule has 0 radical (unpaired) electrons. The van der Waals surface area contributed by atoms with Gasteiger partial charge in [-0.2, -0.15) is 0 Å². The molecule has 0 unspecified atom stereocenters. The number of hydrogen-bond donors (Lipinski definition) is 3. The number of ether oxygens (including phenoxy) is 1. The smallest absolute Gasteiger partial charge is 0.226 e. The molecule has 1 aliphatic rings. The second-order valence-corrected chi connectivity index (χ2v) is 5.02. The molecule has 0 spiro atoms. The summed E-state index contributed by atoms with van der Waals surface area (Å²) in [5.41, 5.74) is 0.572. The maximum absolute atomic E-state index is 11.9. The Morgan fingerprint density at radius 2 is 2.32 bits per heavy atom. The number of nitrogens with one attached hydrogen (secondary N) is 3. The molecular formula is C14H20ClIN4O2. The minimum Gasteiger partial charge on any atom is -0.495 e. The summed E-state index contributed by atoms with van der Waals surface area (Å²) in [6.45, 7) is 2.25. The fourth-order valence-electron chi connectivity index (χ4n) is 1.94. The first-order valence-corrected chi connectivity index (χ1v) is 7.22. The predicted octanol–water partition coefficient (Wildman–Crippen LogP) is 2.23. The third-order valence-corrected chi connectivity index (χ3v) is 3.21. The number of carbonyl (C=O) groups is 1. The van der Waals surface area contributed by atoms with Crippen molar-refractivity contribution >= 4 is 53.1 Å². The first kappa shape index (κ1) is 18.8. The standard InChI is InChI=1S/C14H19ClN4O2.HI/c1-21-12-4-3-10(15)9-11(12)19-13(20)5-8-18-14-16-6-2-7-17-14;/h3-4,9H,2,5-8H2,1H3,(H,19,20)(H2,16,17,18);1H. The minimum atomic E-state index is -0.112. The number of amides is 1. The highest BCUT2D eigenvalue weighted by atomic mass is 127. The lowest BCUT2D eigenvalue weighted by Crippen LogP contribution is -2.41. The second-order valence-electron chi connectivity index (χ2n) is 4.58. The molecule has 1 amide bonds. The quantitative estimate of drug-likeness (QED) is 0.617. The molecule has 22 heavy (non-hydrogen) atoms. The van der Waals surface area contributed by atoms with E-state index in [1.807, 2.05) is 0 Å². The van der Waals surface area contributed by atoms with E-state index in [1.165, 1.54) is 0 Å². The van der Waals surface area contributed by atoms with Gasteiger partial charge in [-0.25, -0.2) is 0 Å². The zero-order valence-electron chi connectivity index (χ0n) is 12.3. The third-order valence-electron chi connectivity index (χ3n) is 2.98. The van der Waals surface area contributed by atoms with Crippen molar-refractivity contribution in [2.75, 3.05) is 32.1 Å². The number of aliphatic imine (C=N–C) groups is 1. The number of carbonyl (C=O) groups excluding carboxylic acids is 1. The van der Waals surface area contributed by atoms with Crippen LogP contribution in [0.2, 0.25) is 5.02 Å². The Hall–Kier alpha value is -1.22. The minimum absolute atomic E-state index is 0. The van der Waals surface area contributed by atoms with Crippen molar-refractivity contribution in [1.29, 1.82) is 0 Å². The van der Waals surface area contributed by atoms with Crippen LogP contribution in [0.5, 0.6) is 5.75 Å². The van der Waals surface area contributed by atoms with E-state index >= 15 is 0 Å². The predicted molar refractivity (Wildman–Crippen MR) is 99.6 cm³/mol. The van der Waals surface area contributed by atoms with Gasteiger partial charge < -0.3 is 20.7 Å². The van der Waals surface area contributed by atoms with Crippen LogP contribution in [0, 0.1) is 0 Å². The summed E-state index contributed by atoms with van der Waals surface area (Å²) < 4.78 is 5.18. The van der Waals surface area contributed by atoms with E-state index in [0.717, 1.165) is 25.5 Å². The summed E-state index contributed by atoms with van der Waals surface area (Å²) in [7, 11) is 1.55. The van der Waals surface area contributed by atoms with E-state index < -0.39 is 0 Å². The molecule has 0 bridgehead atoms. The summed E-state index contributed by atoms with van der Waals surface area (Å²) in [4.78, 5) is 16.2. The van der Waals surface area contributed by atoms with Gasteiger partial charge in [0.15, 0.2) is 5.96 Å². The van der Waals surface area contributed by atoms with Crippen LogP contribution in [0.1, 0.15) is 12.8 Å². The fraction of sp³-hybridized carbons (Fsp3) is 0.429. The molecule has 122 valence electrons. The maximum atomic E-state index is 11.9. The zero-order chi connectivity index (χ0) is 15.1. The number of rotatable bonds is 5. The fourth-order valence-corrected chi connectivity index (χ4v) is 2.11. The van der Waals surface area contributed by atoms with E-state index in [4.69, 9.17) is 16.3 Å². The Balaban J connectivity index is 0.00000242. The third kappa shape index (κ3) is 5.88. The molecule has 0 aliphatic carbocycles. The van der Waals surface area contributed by atoms with Gasteiger partial charge in [-0.15, -0.1) is 24.0 Å². The topological polar surface area (TPSA) is 74.8 Å². The molecule has 1 aliphatic heterocycles. The zero-order valence-corrected chi connectivity index (χ0v) is 15.4. The Morgan fingerprint density at radius 1 is 1.50 bits per heavy atom. The SMILES string of the molecule is COc1ccc(Cl)cc1NC(=O)CCNC1=NCCCN1.I. The van der Waals surface area contributed by atoms with Gasteiger partial charge in [0, 0.05) is 31.1 Å². The molecule has 2 rings (SSSR count). The van der Waals surface area contributed by atoms with E-state index in [0.29, 0.717) is 29.4 Å². The van der Waals surface area contributed by atoms with Crippen molar-refractivity contribution in [3.05, 3.63) is 23.2 Å². The Morgan fingerprint density at radius 3 is 3.00 bits per heavy atom. The molecule has 6 nitrogen and oxygen atoms in total. The molecule has 0 atom stereocenters. The summed E-state index contributed by atoms with van der Waals surface area (Å²) in [5, 5.41) is 9.57. The number of halogens is 2. The van der Waals surface area contributed by atoms with Crippen molar-refractivity contribution in [2.24, 2.45) is 4.99 Å². The highest BCUT2D eigenvalue weighted by Gasteiger charge is 2.09. The van der Waals surface area contributed by atoms with Gasteiger partial charge in [0.25, 0.3) is 0 Å². The summed E-state index contributed by atoms with van der Waals surface area (Å²) in [6.07, 6.45) is 1.37. The number of nitrogens with zero attached hydrogens (tertiary/aromatic N) is 1. The van der Waals surface area contributed by atoms with Gasteiger partial charge in [-0.3, -0.25) is 9.79 Å². The Labute approximate surface area is 152 Å². The summed E-state index contributed by atoms with van der Waals surface area (Å²) in [6, 6.07) is 5.10. The monoisotopic (exact) mass is 438 g/mol. The second kappa shape index (κ2) is 9.73. The van der Waals surface area contributed by atoms with Gasteiger partial charge in [0.2, 0.25) is 5.91 Å². The number of methoxy groups -OCH3 is 1. The lowest BCUT2D eigenvalue weighted by Gasteiger charge is -2.16. The Bertz CT molecular complexity index is 540. The van der Waals surface area contributed by atoms with Crippen LogP contribution in [0.15, 0.2) is 23.2 Å². The van der Waals surface area contributed by atoms with Crippen LogP contribution in [0.25, 0.3) is 0 Å². The largest absolute Gasteiger partial charge is 0.495 e. The molecule has 0 fully saturated rings. The maximum Gasteiger partial charge on any atom is 0.226 e. The van der Waals surface area contributed by atoms with Crippen molar-refractivity contribution in [3.8, 4) is 5.75 Å². The average molecular weight is 439 g/mol. The summed E-state index contributed by atoms with van der Waals surface area (Å²) in [5.74, 6) is 1.23. The molecule has 1 aromatic carbocycles. The summed E-state index contributed by atoms with van der Waals surface area (Å²) >= 11 is 5.92. The van der Waals surface area contributed by atoms with Gasteiger partial charge in [-0.05, 0) is 24.6 Å². The number of anilines is 1. The highest BCUT2D eigenvalue weighted by molar-refractivity contribution is 14.0. The molecule has 1 heterocycles. The van der Waals surface area contributed by atoms with Crippen LogP contribution in [-0.4, -0.2) is 38.6 Å². The first-order valence-electron chi connectivity index (χ1n) is 6.84. The Kier molecular flexibility index (Phi) is 8.32. The van der Waals surface area contributed by atoms with Crippen molar-refractivity contribution in [3.63, 3.8) is 0 Å². The first-order chi connectivity index (χ1) is 10.2. The van der Waals surface area contributed by atoms with Gasteiger partial charge in [0.05, 0.1) is 12.8 Å². The highest BCUT2D eigenvalue weighted by Crippen LogP contribution is 2.27. The van der Waals surface area contributed by atoms with E-state index in [9.17, 15) is 4.79 Å². The molecule has 0 aromatic heterocycles. The molecular weight excluding hydrogens is 419 g/mol. The van der Waals surface area contributed by atoms with Crippen LogP contribution in [0.4, 0.5) is 5.69 Å². The van der Waals surface area contributed by atoms with Crippen LogP contribution in [0.3, 0.4) is 0 Å². The number of guanidine groups is 1. The lowest BCUT2D eigenvalue weighted by molar-refractivity contribution is -0.116. The van der Waals surface area contributed by atoms with Crippen LogP contribution in [-0.2, 0) is 4.79 Å². The normalized spacial score (nSPS) is 13.3. The van der Waals surface area contributed by atoms with Gasteiger partial charge >= 0.3 is 0 Å². The van der Waals surface area contributed by atoms with Crippen LogP contribution < -0.4 is 20.7 Å². The van der Waals surface area contributed by atoms with E-state index in [2.05, 4.69) is 20.9 Å². The van der Waals surface area contributed by atoms with Crippen molar-refractivity contribution < 1.29 is 9.53 Å². The number of hydrogen-bond acceptors (Lipinski definition) is 5. The van der Waals surface area contributed by atoms with Crippen molar-refractivity contribution in [2.45, 2.75) is 12.8 Å². The molecule has 3 N–H and O–H groups in total. The van der Waals surface area contributed by atoms with Gasteiger partial charge in [-0.1, -0.05) is 11.6 Å². The molecule has 8 heteroatoms. The number of benzene rings is 1.